The van der Waals surface area contributed by atoms with E-state index in [1.807, 2.05) is 47.4 Å². The van der Waals surface area contributed by atoms with Gasteiger partial charge in [0.15, 0.2) is 5.13 Å². The highest BCUT2D eigenvalue weighted by atomic mass is 32.2. The number of para-hydroxylation sites is 1. The minimum Gasteiger partial charge on any atom is -0.309 e. The highest BCUT2D eigenvalue weighted by Gasteiger charge is 2.23. The molecule has 4 nitrogen and oxygen atoms in total. The molecule has 0 fully saturated rings. The molecule has 0 aliphatic heterocycles. The van der Waals surface area contributed by atoms with Crippen LogP contribution in [0.5, 0.6) is 0 Å². The molecular weight excluding hydrogens is 374 g/mol. The van der Waals surface area contributed by atoms with Gasteiger partial charge in [0, 0.05) is 11.4 Å². The summed E-state index contributed by atoms with van der Waals surface area (Å²) < 4.78 is 1.11. The van der Waals surface area contributed by atoms with Gasteiger partial charge in [-0.15, -0.1) is 11.8 Å². The number of amides is 1. The maximum absolute atomic E-state index is 13.5. The zero-order valence-corrected chi connectivity index (χ0v) is 17.6. The quantitative estimate of drug-likeness (QED) is 0.499. The van der Waals surface area contributed by atoms with Gasteiger partial charge in [-0.2, -0.15) is 0 Å². The van der Waals surface area contributed by atoms with Gasteiger partial charge in [0.2, 0.25) is 0 Å². The van der Waals surface area contributed by atoms with E-state index in [1.54, 1.807) is 23.1 Å². The fraction of sp³-hybridized carbons (Fsp3) is 0.333. The highest BCUT2D eigenvalue weighted by molar-refractivity contribution is 7.99. The molecule has 142 valence electrons. The van der Waals surface area contributed by atoms with Crippen molar-refractivity contribution in [3.8, 4) is 0 Å². The molecule has 0 saturated carbocycles. The second kappa shape index (κ2) is 9.35. The van der Waals surface area contributed by atoms with Crippen LogP contribution in [0, 0.1) is 0 Å². The van der Waals surface area contributed by atoms with Crippen LogP contribution in [0.3, 0.4) is 0 Å². The molecule has 1 heterocycles. The Morgan fingerprint density at radius 2 is 1.81 bits per heavy atom. The number of thiazole rings is 1. The predicted octanol–water partition coefficient (Wildman–Crippen LogP) is 5.01. The van der Waals surface area contributed by atoms with Crippen LogP contribution in [0.4, 0.5) is 5.13 Å². The van der Waals surface area contributed by atoms with Crippen molar-refractivity contribution in [1.82, 2.24) is 9.88 Å². The van der Waals surface area contributed by atoms with Gasteiger partial charge >= 0.3 is 0 Å². The summed E-state index contributed by atoms with van der Waals surface area (Å²) in [5, 5.41) is 0.774. The lowest BCUT2D eigenvalue weighted by Crippen LogP contribution is -2.33. The maximum atomic E-state index is 13.5. The van der Waals surface area contributed by atoms with Gasteiger partial charge < -0.3 is 4.90 Å². The molecule has 1 aromatic heterocycles. The van der Waals surface area contributed by atoms with Crippen molar-refractivity contribution in [3.05, 3.63) is 54.1 Å². The van der Waals surface area contributed by atoms with Crippen molar-refractivity contribution < 1.29 is 4.79 Å². The minimum atomic E-state index is 0.0318. The van der Waals surface area contributed by atoms with Gasteiger partial charge in [-0.1, -0.05) is 42.5 Å². The van der Waals surface area contributed by atoms with E-state index in [9.17, 15) is 4.79 Å². The van der Waals surface area contributed by atoms with E-state index in [0.717, 1.165) is 44.5 Å². The zero-order valence-electron chi connectivity index (χ0n) is 16.0. The third-order valence-electron chi connectivity index (χ3n) is 4.16. The number of hydrogen-bond acceptors (Lipinski definition) is 5. The van der Waals surface area contributed by atoms with E-state index in [1.165, 1.54) is 0 Å². The van der Waals surface area contributed by atoms with E-state index in [0.29, 0.717) is 6.54 Å². The van der Waals surface area contributed by atoms with Crippen LogP contribution in [0.2, 0.25) is 0 Å². The van der Waals surface area contributed by atoms with Crippen molar-refractivity contribution in [2.24, 2.45) is 0 Å². The normalized spacial score (nSPS) is 11.3. The number of hydrogen-bond donors (Lipinski definition) is 0. The second-order valence-corrected chi connectivity index (χ2v) is 8.82. The van der Waals surface area contributed by atoms with Gasteiger partial charge in [0.25, 0.3) is 5.91 Å². The van der Waals surface area contributed by atoms with Crippen molar-refractivity contribution in [2.45, 2.75) is 18.2 Å². The number of carbonyl (C=O) groups excluding carboxylic acids is 1. The van der Waals surface area contributed by atoms with Crippen LogP contribution >= 0.6 is 23.1 Å². The summed E-state index contributed by atoms with van der Waals surface area (Å²) in [6.07, 6.45) is 0.901. The molecule has 1 amide bonds. The SMILES string of the molecule is CCSc1ccccc1C(=O)N(CCCN(C)C)c1nc2ccccc2s1. The molecule has 0 N–H and O–H groups in total. The first kappa shape index (κ1) is 19.9. The van der Waals surface area contributed by atoms with E-state index in [-0.39, 0.29) is 5.91 Å². The molecule has 0 radical (unpaired) electrons. The molecular formula is C21H25N3OS2. The summed E-state index contributed by atoms with van der Waals surface area (Å²) >= 11 is 3.28. The minimum absolute atomic E-state index is 0.0318. The lowest BCUT2D eigenvalue weighted by molar-refractivity contribution is 0.0983. The van der Waals surface area contributed by atoms with Crippen LogP contribution in [0.25, 0.3) is 10.2 Å². The second-order valence-electron chi connectivity index (χ2n) is 6.51. The predicted molar refractivity (Wildman–Crippen MR) is 117 cm³/mol. The number of aromatic nitrogens is 1. The number of benzene rings is 2. The van der Waals surface area contributed by atoms with Crippen LogP contribution in [0.1, 0.15) is 23.7 Å². The Morgan fingerprint density at radius 1 is 1.07 bits per heavy atom. The molecule has 27 heavy (non-hydrogen) atoms. The standard InChI is InChI=1S/C21H25N3OS2/c1-4-26-18-12-7-5-10-16(18)20(25)24(15-9-14-23(2)3)21-22-17-11-6-8-13-19(17)27-21/h5-8,10-13H,4,9,14-15H2,1-3H3. The summed E-state index contributed by atoms with van der Waals surface area (Å²) in [7, 11) is 4.11. The number of fused-ring (bicyclic) bond motifs is 1. The average molecular weight is 400 g/mol. The number of anilines is 1. The Hall–Kier alpha value is -1.89. The van der Waals surface area contributed by atoms with Crippen molar-refractivity contribution in [1.29, 1.82) is 0 Å². The smallest absolute Gasteiger partial charge is 0.261 e. The van der Waals surface area contributed by atoms with E-state index < -0.39 is 0 Å². The third kappa shape index (κ3) is 4.89. The molecule has 0 aliphatic carbocycles. The molecule has 0 saturated heterocycles. The molecule has 0 aliphatic rings. The fourth-order valence-electron chi connectivity index (χ4n) is 2.87. The van der Waals surface area contributed by atoms with Gasteiger partial charge in [-0.3, -0.25) is 9.69 Å². The summed E-state index contributed by atoms with van der Waals surface area (Å²) in [6.45, 7) is 3.69. The number of carbonyl (C=O) groups is 1. The highest BCUT2D eigenvalue weighted by Crippen LogP contribution is 2.31. The summed E-state index contributed by atoms with van der Waals surface area (Å²) in [4.78, 5) is 23.2. The monoisotopic (exact) mass is 399 g/mol. The first-order valence-corrected chi connectivity index (χ1v) is 10.9. The van der Waals surface area contributed by atoms with Gasteiger partial charge in [-0.05, 0) is 57.1 Å². The van der Waals surface area contributed by atoms with Crippen molar-refractivity contribution >= 4 is 44.4 Å². The fourth-order valence-corrected chi connectivity index (χ4v) is 4.66. The van der Waals surface area contributed by atoms with Gasteiger partial charge in [0.05, 0.1) is 15.8 Å². The maximum Gasteiger partial charge on any atom is 0.261 e. The molecule has 3 aromatic rings. The molecule has 0 bridgehead atoms. The molecule has 3 rings (SSSR count). The lowest BCUT2D eigenvalue weighted by Gasteiger charge is -2.22. The van der Waals surface area contributed by atoms with Gasteiger partial charge in [0.1, 0.15) is 0 Å². The van der Waals surface area contributed by atoms with Crippen molar-refractivity contribution in [2.75, 3.05) is 37.8 Å². The Morgan fingerprint density at radius 3 is 2.56 bits per heavy atom. The average Bonchev–Trinajstić information content (AvgIpc) is 3.09. The molecule has 6 heteroatoms. The Bertz CT molecular complexity index is 874. The van der Waals surface area contributed by atoms with Crippen LogP contribution in [-0.4, -0.2) is 48.7 Å². The van der Waals surface area contributed by atoms with E-state index in [4.69, 9.17) is 4.98 Å². The number of thioether (sulfide) groups is 1. The van der Waals surface area contributed by atoms with E-state index >= 15 is 0 Å². The van der Waals surface area contributed by atoms with Gasteiger partial charge in [-0.25, -0.2) is 4.98 Å². The molecule has 0 spiro atoms. The Kier molecular flexibility index (Phi) is 6.88. The Balaban J connectivity index is 1.95. The van der Waals surface area contributed by atoms with Crippen molar-refractivity contribution in [3.63, 3.8) is 0 Å². The number of rotatable bonds is 8. The Labute approximate surface area is 169 Å². The lowest BCUT2D eigenvalue weighted by atomic mass is 10.2. The number of nitrogens with zero attached hydrogens (tertiary/aromatic N) is 3. The summed E-state index contributed by atoms with van der Waals surface area (Å²) in [5.41, 5.74) is 1.70. The first-order chi connectivity index (χ1) is 13.1. The molecule has 2 aromatic carbocycles. The van der Waals surface area contributed by atoms with E-state index in [2.05, 4.69) is 32.0 Å². The summed E-state index contributed by atoms with van der Waals surface area (Å²) in [6, 6.07) is 15.9. The third-order valence-corrected chi connectivity index (χ3v) is 6.18. The largest absolute Gasteiger partial charge is 0.309 e. The van der Waals surface area contributed by atoms with Crippen LogP contribution < -0.4 is 4.90 Å². The molecule has 0 unspecified atom stereocenters. The molecule has 0 atom stereocenters. The van der Waals surface area contributed by atoms with Crippen LogP contribution in [0.15, 0.2) is 53.4 Å². The topological polar surface area (TPSA) is 36.4 Å². The van der Waals surface area contributed by atoms with Crippen LogP contribution in [-0.2, 0) is 0 Å². The first-order valence-electron chi connectivity index (χ1n) is 9.14. The zero-order chi connectivity index (χ0) is 19.2. The summed E-state index contributed by atoms with van der Waals surface area (Å²) in [5.74, 6) is 0.968.